The Labute approximate surface area is 89.3 Å². The third kappa shape index (κ3) is 2.10. The minimum absolute atomic E-state index is 0.273. The van der Waals surface area contributed by atoms with Crippen molar-refractivity contribution < 1.29 is 4.79 Å². The summed E-state index contributed by atoms with van der Waals surface area (Å²) < 4.78 is 2.05. The lowest BCUT2D eigenvalue weighted by Crippen LogP contribution is -2.07. The van der Waals surface area contributed by atoms with Gasteiger partial charge in [-0.3, -0.25) is 4.79 Å². The first kappa shape index (κ1) is 9.97. The van der Waals surface area contributed by atoms with E-state index in [2.05, 4.69) is 12.3 Å². The summed E-state index contributed by atoms with van der Waals surface area (Å²) in [6, 6.07) is 2.13. The van der Waals surface area contributed by atoms with Crippen LogP contribution in [0.4, 0.5) is 0 Å². The summed E-state index contributed by atoms with van der Waals surface area (Å²) in [5, 5.41) is 8.44. The minimum Gasteiger partial charge on any atom is -0.353 e. The summed E-state index contributed by atoms with van der Waals surface area (Å²) in [5.74, 6) is 0.273. The highest BCUT2D eigenvalue weighted by molar-refractivity contribution is 5.98. The van der Waals surface area contributed by atoms with E-state index in [1.165, 1.54) is 5.56 Å². The van der Waals surface area contributed by atoms with Crippen LogP contribution in [0, 0.1) is 11.3 Å². The van der Waals surface area contributed by atoms with Crippen molar-refractivity contribution in [2.24, 2.45) is 0 Å². The van der Waals surface area contributed by atoms with E-state index in [4.69, 9.17) is 5.26 Å². The molecular weight excluding hydrogens is 188 g/mol. The lowest BCUT2D eigenvalue weighted by Gasteiger charge is -2.07. The zero-order valence-electron chi connectivity index (χ0n) is 8.70. The minimum atomic E-state index is 0.273. The number of aryl methyl sites for hydroxylation is 2. The first-order valence-electron chi connectivity index (χ1n) is 5.40. The predicted molar refractivity (Wildman–Crippen MR) is 56.5 cm³/mol. The molecule has 0 saturated heterocycles. The molecule has 3 nitrogen and oxygen atoms in total. The van der Waals surface area contributed by atoms with Crippen LogP contribution in [0.1, 0.15) is 41.6 Å². The van der Waals surface area contributed by atoms with E-state index in [1.54, 1.807) is 0 Å². The van der Waals surface area contributed by atoms with Gasteiger partial charge in [0.15, 0.2) is 5.78 Å². The maximum Gasteiger partial charge on any atom is 0.164 e. The van der Waals surface area contributed by atoms with Gasteiger partial charge in [0.25, 0.3) is 0 Å². The van der Waals surface area contributed by atoms with Gasteiger partial charge >= 0.3 is 0 Å². The zero-order valence-corrected chi connectivity index (χ0v) is 8.70. The molecule has 0 N–H and O–H groups in total. The first-order chi connectivity index (χ1) is 7.31. The van der Waals surface area contributed by atoms with Gasteiger partial charge in [-0.2, -0.15) is 5.26 Å². The molecule has 0 radical (unpaired) electrons. The number of hydrogen-bond acceptors (Lipinski definition) is 2. The Bertz CT molecular complexity index is 412. The van der Waals surface area contributed by atoms with Crippen LogP contribution >= 0.6 is 0 Å². The zero-order chi connectivity index (χ0) is 10.7. The third-order valence-electron chi connectivity index (χ3n) is 2.82. The molecular formula is C12H14N2O. The highest BCUT2D eigenvalue weighted by Crippen LogP contribution is 2.22. The van der Waals surface area contributed by atoms with Crippen molar-refractivity contribution in [2.75, 3.05) is 0 Å². The number of carbonyl (C=O) groups excluding carboxylic acids is 1. The maximum atomic E-state index is 11.6. The van der Waals surface area contributed by atoms with Gasteiger partial charge in [-0.05, 0) is 24.8 Å². The second-order valence-corrected chi connectivity index (χ2v) is 3.97. The first-order valence-corrected chi connectivity index (χ1v) is 5.40. The molecule has 0 amide bonds. The number of Topliss-reactive ketones (excluding diaryl/α,β-unsaturated/α-hetero) is 1. The second-order valence-electron chi connectivity index (χ2n) is 3.97. The molecule has 0 saturated carbocycles. The molecule has 2 rings (SSSR count). The number of nitrogens with zero attached hydrogens (tertiary/aromatic N) is 2. The molecule has 0 spiro atoms. The summed E-state index contributed by atoms with van der Waals surface area (Å²) in [4.78, 5) is 11.6. The van der Waals surface area contributed by atoms with Crippen LogP contribution < -0.4 is 0 Å². The van der Waals surface area contributed by atoms with Crippen molar-refractivity contribution in [3.8, 4) is 6.07 Å². The Morgan fingerprint density at radius 2 is 2.27 bits per heavy atom. The van der Waals surface area contributed by atoms with Gasteiger partial charge in [0, 0.05) is 37.3 Å². The molecule has 1 aliphatic rings. The van der Waals surface area contributed by atoms with Gasteiger partial charge in [-0.25, -0.2) is 0 Å². The Balaban J connectivity index is 2.09. The van der Waals surface area contributed by atoms with E-state index in [-0.39, 0.29) is 5.78 Å². The van der Waals surface area contributed by atoms with Gasteiger partial charge < -0.3 is 4.57 Å². The number of ketones is 1. The molecule has 15 heavy (non-hydrogen) atoms. The quantitative estimate of drug-likeness (QED) is 0.706. The molecule has 3 heteroatoms. The van der Waals surface area contributed by atoms with Crippen molar-refractivity contribution in [1.29, 1.82) is 5.26 Å². The monoisotopic (exact) mass is 202 g/mol. The molecule has 78 valence electrons. The second kappa shape index (κ2) is 4.31. The Kier molecular flexibility index (Phi) is 2.86. The fourth-order valence-corrected chi connectivity index (χ4v) is 2.05. The Hall–Kier alpha value is -1.56. The van der Waals surface area contributed by atoms with E-state index in [0.29, 0.717) is 12.8 Å². The number of nitriles is 1. The summed E-state index contributed by atoms with van der Waals surface area (Å²) >= 11 is 0. The Morgan fingerprint density at radius 1 is 1.40 bits per heavy atom. The van der Waals surface area contributed by atoms with Crippen molar-refractivity contribution >= 4 is 5.78 Å². The van der Waals surface area contributed by atoms with E-state index >= 15 is 0 Å². The smallest absolute Gasteiger partial charge is 0.164 e. The number of fused-ring (bicyclic) bond motifs is 1. The fourth-order valence-electron chi connectivity index (χ4n) is 2.05. The molecule has 0 atom stereocenters. The molecule has 0 aromatic carbocycles. The van der Waals surface area contributed by atoms with E-state index in [0.717, 1.165) is 31.4 Å². The van der Waals surface area contributed by atoms with Gasteiger partial charge in [-0.1, -0.05) is 0 Å². The summed E-state index contributed by atoms with van der Waals surface area (Å²) in [5.41, 5.74) is 2.08. The van der Waals surface area contributed by atoms with Crippen molar-refractivity contribution in [3.63, 3.8) is 0 Å². The fraction of sp³-hybridized carbons (Fsp3) is 0.500. The van der Waals surface area contributed by atoms with Crippen LogP contribution in [-0.4, -0.2) is 10.4 Å². The van der Waals surface area contributed by atoms with Crippen LogP contribution in [0.5, 0.6) is 0 Å². The summed E-state index contributed by atoms with van der Waals surface area (Å²) in [7, 11) is 0. The molecule has 0 aliphatic heterocycles. The van der Waals surface area contributed by atoms with Crippen LogP contribution in [0.2, 0.25) is 0 Å². The van der Waals surface area contributed by atoms with Crippen LogP contribution in [-0.2, 0) is 13.0 Å². The topological polar surface area (TPSA) is 45.8 Å². The SMILES string of the molecule is N#CCCCn1cc2c(c1)C(=O)CCC2. The number of carbonyl (C=O) groups is 1. The van der Waals surface area contributed by atoms with Gasteiger partial charge in [0.1, 0.15) is 0 Å². The van der Waals surface area contributed by atoms with E-state index in [1.807, 2.05) is 10.8 Å². The molecule has 0 unspecified atom stereocenters. The molecule has 1 aromatic rings. The van der Waals surface area contributed by atoms with Crippen molar-refractivity contribution in [1.82, 2.24) is 4.57 Å². The van der Waals surface area contributed by atoms with Crippen molar-refractivity contribution in [3.05, 3.63) is 23.5 Å². The highest BCUT2D eigenvalue weighted by atomic mass is 16.1. The predicted octanol–water partition coefficient (Wildman–Crippen LogP) is 2.31. The number of hydrogen-bond donors (Lipinski definition) is 0. The highest BCUT2D eigenvalue weighted by Gasteiger charge is 2.18. The molecule has 1 aliphatic carbocycles. The summed E-state index contributed by atoms with van der Waals surface area (Å²) in [6.45, 7) is 0.841. The number of rotatable bonds is 3. The molecule has 0 fully saturated rings. The maximum absolute atomic E-state index is 11.6. The number of aromatic nitrogens is 1. The van der Waals surface area contributed by atoms with Gasteiger partial charge in [0.2, 0.25) is 0 Å². The molecule has 0 bridgehead atoms. The van der Waals surface area contributed by atoms with Gasteiger partial charge in [-0.15, -0.1) is 0 Å². The van der Waals surface area contributed by atoms with Crippen molar-refractivity contribution in [2.45, 2.75) is 38.6 Å². The largest absolute Gasteiger partial charge is 0.353 e. The van der Waals surface area contributed by atoms with Gasteiger partial charge in [0.05, 0.1) is 6.07 Å². The van der Waals surface area contributed by atoms with Crippen LogP contribution in [0.25, 0.3) is 0 Å². The third-order valence-corrected chi connectivity index (χ3v) is 2.82. The average Bonchev–Trinajstić information content (AvgIpc) is 2.63. The number of unbranched alkanes of at least 4 members (excludes halogenated alkanes) is 1. The van der Waals surface area contributed by atoms with Crippen LogP contribution in [0.15, 0.2) is 12.4 Å². The normalized spacial score (nSPS) is 14.7. The lowest BCUT2D eigenvalue weighted by atomic mass is 9.95. The molecule has 1 heterocycles. The standard InChI is InChI=1S/C12H14N2O/c13-6-1-2-7-14-8-10-4-3-5-12(15)11(10)9-14/h8-9H,1-5,7H2. The lowest BCUT2D eigenvalue weighted by molar-refractivity contribution is 0.0973. The van der Waals surface area contributed by atoms with E-state index in [9.17, 15) is 4.79 Å². The summed E-state index contributed by atoms with van der Waals surface area (Å²) in [6.07, 6.45) is 8.13. The van der Waals surface area contributed by atoms with E-state index < -0.39 is 0 Å². The average molecular weight is 202 g/mol. The Morgan fingerprint density at radius 3 is 3.00 bits per heavy atom. The molecule has 1 aromatic heterocycles. The van der Waals surface area contributed by atoms with Crippen LogP contribution in [0.3, 0.4) is 0 Å².